The molecule has 0 saturated heterocycles. The van der Waals surface area contributed by atoms with Crippen molar-refractivity contribution < 1.29 is 13.5 Å². The smallest absolute Gasteiger partial charge is 0.255 e. The summed E-state index contributed by atoms with van der Waals surface area (Å²) in [7, 11) is 1.58. The summed E-state index contributed by atoms with van der Waals surface area (Å²) in [5.74, 6) is -3.26. The molecule has 4 heteroatoms. The Morgan fingerprint density at radius 1 is 1.53 bits per heavy atom. The van der Waals surface area contributed by atoms with Crippen molar-refractivity contribution in [1.82, 2.24) is 0 Å². The van der Waals surface area contributed by atoms with E-state index in [1.807, 2.05) is 0 Å². The predicted molar refractivity (Wildman–Crippen MR) is 54.5 cm³/mol. The summed E-state index contributed by atoms with van der Waals surface area (Å²) < 4.78 is 30.6. The molecule has 1 unspecified atom stereocenters. The Hall–Kier alpha value is -0.670. The second-order valence-corrected chi connectivity index (χ2v) is 4.21. The molecule has 1 fully saturated rings. The first-order valence-corrected chi connectivity index (χ1v) is 5.07. The van der Waals surface area contributed by atoms with E-state index in [1.54, 1.807) is 25.3 Å². The van der Waals surface area contributed by atoms with E-state index in [4.69, 9.17) is 16.3 Å². The van der Waals surface area contributed by atoms with Crippen LogP contribution < -0.4 is 0 Å². The number of ether oxygens (including phenoxy) is 1. The van der Waals surface area contributed by atoms with Gasteiger partial charge >= 0.3 is 0 Å². The fourth-order valence-electron chi connectivity index (χ4n) is 1.66. The summed E-state index contributed by atoms with van der Waals surface area (Å²) in [5, 5.41) is 0.409. The molecule has 82 valence electrons. The van der Waals surface area contributed by atoms with Crippen molar-refractivity contribution in [3.8, 4) is 0 Å². The molecule has 0 radical (unpaired) electrons. The zero-order valence-corrected chi connectivity index (χ0v) is 9.02. The van der Waals surface area contributed by atoms with E-state index in [0.29, 0.717) is 17.2 Å². The highest BCUT2D eigenvalue weighted by atomic mass is 35.5. The fraction of sp³-hybridized carbons (Fsp3) is 0.455. The van der Waals surface area contributed by atoms with E-state index in [0.717, 1.165) is 5.56 Å². The van der Waals surface area contributed by atoms with E-state index in [9.17, 15) is 8.78 Å². The summed E-state index contributed by atoms with van der Waals surface area (Å²) >= 11 is 5.94. The molecule has 1 aromatic rings. The fourth-order valence-corrected chi connectivity index (χ4v) is 2.00. The Morgan fingerprint density at radius 3 is 2.67 bits per heavy atom. The molecule has 0 spiro atoms. The molecule has 0 aliphatic heterocycles. The van der Waals surface area contributed by atoms with Gasteiger partial charge < -0.3 is 4.74 Å². The molecule has 1 atom stereocenters. The Bertz CT molecular complexity index is 379. The van der Waals surface area contributed by atoms with E-state index in [2.05, 4.69) is 0 Å². The number of halogens is 3. The van der Waals surface area contributed by atoms with Crippen LogP contribution in [0.5, 0.6) is 0 Å². The van der Waals surface area contributed by atoms with Gasteiger partial charge in [-0.3, -0.25) is 0 Å². The van der Waals surface area contributed by atoms with Crippen molar-refractivity contribution in [2.24, 2.45) is 0 Å². The van der Waals surface area contributed by atoms with Crippen LogP contribution in [0, 0.1) is 0 Å². The van der Waals surface area contributed by atoms with Crippen molar-refractivity contribution in [2.45, 2.75) is 24.9 Å². The monoisotopic (exact) mass is 232 g/mol. The summed E-state index contributed by atoms with van der Waals surface area (Å²) in [6, 6.07) is 5.14. The Labute approximate surface area is 92.0 Å². The summed E-state index contributed by atoms with van der Waals surface area (Å²) in [6.45, 7) is 0.445. The maximum Gasteiger partial charge on any atom is 0.255 e. The van der Waals surface area contributed by atoms with Gasteiger partial charge in [-0.05, 0) is 17.2 Å². The lowest BCUT2D eigenvalue weighted by atomic mass is 10.1. The van der Waals surface area contributed by atoms with Crippen LogP contribution in [0.1, 0.15) is 23.5 Å². The molecule has 0 bridgehead atoms. The normalized spacial score (nSPS) is 22.8. The third-order valence-electron chi connectivity index (χ3n) is 2.58. The number of hydrogen-bond acceptors (Lipinski definition) is 1. The van der Waals surface area contributed by atoms with Gasteiger partial charge in [-0.25, -0.2) is 8.78 Å². The largest absolute Gasteiger partial charge is 0.380 e. The lowest BCUT2D eigenvalue weighted by molar-refractivity contribution is 0.112. The van der Waals surface area contributed by atoms with Crippen LogP contribution in [0.15, 0.2) is 18.2 Å². The van der Waals surface area contributed by atoms with Crippen LogP contribution in [-0.2, 0) is 11.3 Å². The molecular weight excluding hydrogens is 222 g/mol. The number of hydrogen-bond donors (Lipinski definition) is 0. The maximum absolute atomic E-state index is 12.8. The Morgan fingerprint density at radius 2 is 2.20 bits per heavy atom. The van der Waals surface area contributed by atoms with Gasteiger partial charge in [0.1, 0.15) is 0 Å². The number of rotatable bonds is 3. The number of alkyl halides is 2. The lowest BCUT2D eigenvalue weighted by Crippen LogP contribution is -1.95. The van der Waals surface area contributed by atoms with Gasteiger partial charge in [-0.15, -0.1) is 0 Å². The highest BCUT2D eigenvalue weighted by molar-refractivity contribution is 6.31. The highest BCUT2D eigenvalue weighted by Crippen LogP contribution is 2.57. The van der Waals surface area contributed by atoms with Gasteiger partial charge in [0.25, 0.3) is 5.92 Å². The first kappa shape index (κ1) is 10.8. The van der Waals surface area contributed by atoms with Crippen LogP contribution in [0.3, 0.4) is 0 Å². The quantitative estimate of drug-likeness (QED) is 0.774. The second-order valence-electron chi connectivity index (χ2n) is 3.81. The molecule has 1 aromatic carbocycles. The van der Waals surface area contributed by atoms with Gasteiger partial charge in [0.05, 0.1) is 12.5 Å². The summed E-state index contributed by atoms with van der Waals surface area (Å²) in [4.78, 5) is 0. The van der Waals surface area contributed by atoms with E-state index < -0.39 is 11.8 Å². The van der Waals surface area contributed by atoms with Crippen LogP contribution in [0.25, 0.3) is 0 Å². The first-order chi connectivity index (χ1) is 7.04. The van der Waals surface area contributed by atoms with Gasteiger partial charge in [0.2, 0.25) is 0 Å². The minimum Gasteiger partial charge on any atom is -0.380 e. The highest BCUT2D eigenvalue weighted by Gasteiger charge is 2.58. The summed E-state index contributed by atoms with van der Waals surface area (Å²) in [5.41, 5.74) is 1.44. The van der Waals surface area contributed by atoms with Crippen molar-refractivity contribution in [3.05, 3.63) is 34.3 Å². The third kappa shape index (κ3) is 2.13. The first-order valence-electron chi connectivity index (χ1n) is 4.69. The van der Waals surface area contributed by atoms with Crippen LogP contribution >= 0.6 is 11.6 Å². The molecule has 1 nitrogen and oxygen atoms in total. The third-order valence-corrected chi connectivity index (χ3v) is 2.90. The molecule has 15 heavy (non-hydrogen) atoms. The standard InChI is InChI=1S/C11H11ClF2O/c1-15-6-7-2-3-8(10(12)4-7)9-5-11(9,13)14/h2-4,9H,5-6H2,1H3. The number of benzene rings is 1. The summed E-state index contributed by atoms with van der Waals surface area (Å²) in [6.07, 6.45) is -0.0870. The van der Waals surface area contributed by atoms with Crippen LogP contribution in [0.4, 0.5) is 8.78 Å². The average molecular weight is 233 g/mol. The van der Waals surface area contributed by atoms with E-state index >= 15 is 0 Å². The molecule has 0 amide bonds. The van der Waals surface area contributed by atoms with Crippen molar-refractivity contribution in [2.75, 3.05) is 7.11 Å². The van der Waals surface area contributed by atoms with E-state index in [1.165, 1.54) is 0 Å². The average Bonchev–Trinajstić information content (AvgIpc) is 2.75. The molecule has 1 aliphatic carbocycles. The maximum atomic E-state index is 12.8. The Kier molecular flexibility index (Phi) is 2.69. The van der Waals surface area contributed by atoms with Gasteiger partial charge in [0, 0.05) is 18.6 Å². The van der Waals surface area contributed by atoms with Crippen LogP contribution in [0.2, 0.25) is 5.02 Å². The molecule has 0 aromatic heterocycles. The van der Waals surface area contributed by atoms with E-state index in [-0.39, 0.29) is 6.42 Å². The van der Waals surface area contributed by atoms with Crippen molar-refractivity contribution in [3.63, 3.8) is 0 Å². The topological polar surface area (TPSA) is 9.23 Å². The predicted octanol–water partition coefficient (Wildman–Crippen LogP) is 3.61. The molecule has 0 heterocycles. The molecule has 0 N–H and O–H groups in total. The van der Waals surface area contributed by atoms with Crippen molar-refractivity contribution in [1.29, 1.82) is 0 Å². The molecule has 1 saturated carbocycles. The SMILES string of the molecule is COCc1ccc(C2CC2(F)F)c(Cl)c1. The molecular formula is C11H11ClF2O. The number of methoxy groups -OCH3 is 1. The van der Waals surface area contributed by atoms with Crippen LogP contribution in [-0.4, -0.2) is 13.0 Å². The van der Waals surface area contributed by atoms with Gasteiger partial charge in [-0.1, -0.05) is 23.7 Å². The molecule has 2 rings (SSSR count). The Balaban J connectivity index is 2.21. The minimum absolute atomic E-state index is 0.0870. The lowest BCUT2D eigenvalue weighted by Gasteiger charge is -2.05. The molecule has 1 aliphatic rings. The second kappa shape index (κ2) is 3.72. The zero-order valence-electron chi connectivity index (χ0n) is 8.27. The van der Waals surface area contributed by atoms with Crippen molar-refractivity contribution >= 4 is 11.6 Å². The van der Waals surface area contributed by atoms with Gasteiger partial charge in [0.15, 0.2) is 0 Å². The minimum atomic E-state index is -2.56. The van der Waals surface area contributed by atoms with Gasteiger partial charge in [-0.2, -0.15) is 0 Å². The zero-order chi connectivity index (χ0) is 11.1.